The Labute approximate surface area is 204 Å². The number of rotatable bonds is 15. The van der Waals surface area contributed by atoms with Crippen LogP contribution in [0.5, 0.6) is 0 Å². The van der Waals surface area contributed by atoms with E-state index >= 15 is 0 Å². The minimum Gasteiger partial charge on any atom is -0.726 e. The third kappa shape index (κ3) is 14.1. The number of aromatic nitrogens is 2. The first-order valence-corrected chi connectivity index (χ1v) is 13.5. The molecule has 0 saturated heterocycles. The number of ether oxygens (including phenoxy) is 1. The molecule has 0 radical (unpaired) electrons. The van der Waals surface area contributed by atoms with Crippen molar-refractivity contribution in [2.24, 2.45) is 7.05 Å². The fourth-order valence-corrected chi connectivity index (χ4v) is 3.67. The van der Waals surface area contributed by atoms with Crippen LogP contribution in [0.4, 0.5) is 0 Å². The Kier molecular flexibility index (Phi) is 15.1. The SMILES string of the molecule is CCCCC(OC(=O)Cc1[nH]cc[n+]1C)c1ccccc1.CCCCCCCCOS(=O)(=O)[O-]. The van der Waals surface area contributed by atoms with Gasteiger partial charge in [0.1, 0.15) is 24.9 Å². The predicted molar refractivity (Wildman–Crippen MR) is 129 cm³/mol. The molecule has 192 valence electrons. The normalized spacial score (nSPS) is 12.0. The van der Waals surface area contributed by atoms with Crippen molar-refractivity contribution in [1.82, 2.24) is 4.98 Å². The Balaban J connectivity index is 0.000000385. The molecule has 0 saturated carbocycles. The number of carbonyl (C=O) groups excluding carboxylic acids is 1. The standard InChI is InChI=1S/C17H22N2O2.C8H18O4S/c1-3-4-10-15(14-8-6-5-7-9-14)21-17(20)13-16-18-11-12-19(16)2;1-2-3-4-5-6-7-8-12-13(9,10)11/h5-9,11-12,15H,3-4,10,13H2,1-2H3;2-8H2,1H3,(H,9,10,11). The van der Waals surface area contributed by atoms with Crippen molar-refractivity contribution in [2.45, 2.75) is 84.2 Å². The van der Waals surface area contributed by atoms with E-state index in [0.29, 0.717) is 6.42 Å². The number of imidazole rings is 1. The lowest BCUT2D eigenvalue weighted by Crippen LogP contribution is -2.32. The summed E-state index contributed by atoms with van der Waals surface area (Å²) in [6.45, 7) is 4.30. The van der Waals surface area contributed by atoms with Gasteiger partial charge in [0.05, 0.1) is 13.7 Å². The molecule has 1 atom stereocenters. The Hall–Kier alpha value is -2.23. The van der Waals surface area contributed by atoms with Crippen molar-refractivity contribution in [3.8, 4) is 0 Å². The molecule has 0 amide bonds. The first-order valence-electron chi connectivity index (χ1n) is 12.1. The highest BCUT2D eigenvalue weighted by atomic mass is 32.3. The average molecular weight is 497 g/mol. The number of aryl methyl sites for hydroxylation is 1. The number of nitrogens with one attached hydrogen (secondary N) is 1. The number of esters is 1. The molecule has 2 aromatic rings. The van der Waals surface area contributed by atoms with Crippen molar-refractivity contribution in [3.05, 3.63) is 54.1 Å². The molecule has 8 nitrogen and oxygen atoms in total. The Morgan fingerprint density at radius 3 is 2.26 bits per heavy atom. The summed E-state index contributed by atoms with van der Waals surface area (Å²) in [7, 11) is -2.56. The molecule has 1 unspecified atom stereocenters. The summed E-state index contributed by atoms with van der Waals surface area (Å²) in [6.07, 6.45) is 13.0. The van der Waals surface area contributed by atoms with Gasteiger partial charge < -0.3 is 9.29 Å². The number of benzene rings is 1. The van der Waals surface area contributed by atoms with Gasteiger partial charge in [0.25, 0.3) is 5.82 Å². The Bertz CT molecular complexity index is 899. The molecule has 0 fully saturated rings. The van der Waals surface area contributed by atoms with Gasteiger partial charge in [0, 0.05) is 0 Å². The summed E-state index contributed by atoms with van der Waals surface area (Å²) in [5.41, 5.74) is 1.06. The third-order valence-corrected chi connectivity index (χ3v) is 5.73. The monoisotopic (exact) mass is 496 g/mol. The van der Waals surface area contributed by atoms with Crippen molar-refractivity contribution in [1.29, 1.82) is 0 Å². The van der Waals surface area contributed by atoms with Crippen LogP contribution in [0, 0.1) is 0 Å². The molecule has 1 N–H and O–H groups in total. The van der Waals surface area contributed by atoms with Crippen LogP contribution >= 0.6 is 0 Å². The smallest absolute Gasteiger partial charge is 0.318 e. The highest BCUT2D eigenvalue weighted by Gasteiger charge is 2.20. The number of unbranched alkanes of at least 4 members (excludes halogenated alkanes) is 6. The van der Waals surface area contributed by atoms with Crippen LogP contribution in [-0.4, -0.2) is 30.5 Å². The van der Waals surface area contributed by atoms with E-state index in [1.54, 1.807) is 0 Å². The maximum absolute atomic E-state index is 12.2. The van der Waals surface area contributed by atoms with Gasteiger partial charge in [-0.15, -0.1) is 0 Å². The molecule has 0 aliphatic carbocycles. The maximum Gasteiger partial charge on any atom is 0.318 e. The van der Waals surface area contributed by atoms with Gasteiger partial charge in [-0.1, -0.05) is 82.7 Å². The average Bonchev–Trinajstić information content (AvgIpc) is 3.20. The van der Waals surface area contributed by atoms with Gasteiger partial charge in [0.15, 0.2) is 0 Å². The molecule has 2 rings (SSSR count). The van der Waals surface area contributed by atoms with E-state index < -0.39 is 10.4 Å². The van der Waals surface area contributed by atoms with E-state index in [1.807, 2.05) is 54.3 Å². The zero-order valence-corrected chi connectivity index (χ0v) is 21.5. The summed E-state index contributed by atoms with van der Waals surface area (Å²) in [5, 5.41) is 0. The first kappa shape index (κ1) is 29.8. The predicted octanol–water partition coefficient (Wildman–Crippen LogP) is 4.68. The molecule has 1 aromatic carbocycles. The number of nitrogens with zero attached hydrogens (tertiary/aromatic N) is 1. The van der Waals surface area contributed by atoms with Crippen LogP contribution in [-0.2, 0) is 37.6 Å². The van der Waals surface area contributed by atoms with Crippen molar-refractivity contribution in [2.75, 3.05) is 6.61 Å². The molecular weight excluding hydrogens is 456 g/mol. The van der Waals surface area contributed by atoms with E-state index in [1.165, 1.54) is 19.3 Å². The maximum atomic E-state index is 12.2. The molecule has 1 aromatic heterocycles. The van der Waals surface area contributed by atoms with Gasteiger partial charge in [0.2, 0.25) is 10.4 Å². The van der Waals surface area contributed by atoms with E-state index in [0.717, 1.165) is 43.5 Å². The second-order valence-corrected chi connectivity index (χ2v) is 9.28. The van der Waals surface area contributed by atoms with Gasteiger partial charge >= 0.3 is 5.97 Å². The zero-order valence-electron chi connectivity index (χ0n) is 20.7. The Morgan fingerprint density at radius 2 is 1.68 bits per heavy atom. The fourth-order valence-electron chi connectivity index (χ4n) is 3.34. The molecular formula is C25H40N2O6S. The molecule has 0 aliphatic rings. The second kappa shape index (κ2) is 17.2. The van der Waals surface area contributed by atoms with Crippen LogP contribution in [0.1, 0.15) is 89.1 Å². The number of aromatic amines is 1. The molecule has 0 spiro atoms. The van der Waals surface area contributed by atoms with Crippen LogP contribution in [0.2, 0.25) is 0 Å². The largest absolute Gasteiger partial charge is 0.726 e. The van der Waals surface area contributed by atoms with Crippen LogP contribution < -0.4 is 4.57 Å². The molecule has 0 aliphatic heterocycles. The summed E-state index contributed by atoms with van der Waals surface area (Å²) >= 11 is 0. The summed E-state index contributed by atoms with van der Waals surface area (Å²) < 4.78 is 41.6. The minimum atomic E-state index is -4.47. The highest BCUT2D eigenvalue weighted by Crippen LogP contribution is 2.23. The first-order chi connectivity index (χ1) is 16.3. The molecule has 34 heavy (non-hydrogen) atoms. The lowest BCUT2D eigenvalue weighted by Gasteiger charge is -2.17. The number of H-pyrrole nitrogens is 1. The number of carbonyl (C=O) groups is 1. The van der Waals surface area contributed by atoms with Gasteiger partial charge in [-0.2, -0.15) is 0 Å². The minimum absolute atomic E-state index is 0.0258. The molecule has 9 heteroatoms. The fraction of sp³-hybridized carbons (Fsp3) is 0.600. The summed E-state index contributed by atoms with van der Waals surface area (Å²) in [6, 6.07) is 9.96. The van der Waals surface area contributed by atoms with Crippen molar-refractivity contribution >= 4 is 16.4 Å². The second-order valence-electron chi connectivity index (χ2n) is 8.22. The number of hydrogen-bond donors (Lipinski definition) is 1. The molecule has 0 bridgehead atoms. The molecule has 1 heterocycles. The van der Waals surface area contributed by atoms with Gasteiger partial charge in [-0.25, -0.2) is 18.0 Å². The van der Waals surface area contributed by atoms with Crippen molar-refractivity contribution in [3.63, 3.8) is 0 Å². The highest BCUT2D eigenvalue weighted by molar-refractivity contribution is 7.80. The van der Waals surface area contributed by atoms with Crippen LogP contribution in [0.25, 0.3) is 0 Å². The van der Waals surface area contributed by atoms with E-state index in [2.05, 4.69) is 23.0 Å². The Morgan fingerprint density at radius 1 is 1.03 bits per heavy atom. The lowest BCUT2D eigenvalue weighted by molar-refractivity contribution is -0.677. The summed E-state index contributed by atoms with van der Waals surface area (Å²) in [5.74, 6) is 0.653. The quantitative estimate of drug-likeness (QED) is 0.126. The summed E-state index contributed by atoms with van der Waals surface area (Å²) in [4.78, 5) is 15.2. The van der Waals surface area contributed by atoms with E-state index in [-0.39, 0.29) is 25.1 Å². The van der Waals surface area contributed by atoms with Gasteiger partial charge in [-0.3, -0.25) is 8.98 Å². The topological polar surface area (TPSA) is 112 Å². The number of hydrogen-bond acceptors (Lipinski definition) is 6. The van der Waals surface area contributed by atoms with Crippen molar-refractivity contribution < 1.29 is 31.3 Å². The van der Waals surface area contributed by atoms with E-state index in [4.69, 9.17) is 4.74 Å². The van der Waals surface area contributed by atoms with E-state index in [9.17, 15) is 17.8 Å². The third-order valence-electron chi connectivity index (χ3n) is 5.28. The lowest BCUT2D eigenvalue weighted by atomic mass is 10.0. The van der Waals surface area contributed by atoms with Crippen LogP contribution in [0.3, 0.4) is 0 Å². The van der Waals surface area contributed by atoms with Gasteiger partial charge in [-0.05, 0) is 24.8 Å². The van der Waals surface area contributed by atoms with Crippen LogP contribution in [0.15, 0.2) is 42.7 Å². The zero-order chi connectivity index (χ0) is 25.2.